The first kappa shape index (κ1) is 14.5. The summed E-state index contributed by atoms with van der Waals surface area (Å²) in [5.74, 6) is 0.608. The SMILES string of the molecule is COC(=O)c1ccc(CNCC2(SC)CCCC2)o1. The van der Waals surface area contributed by atoms with Crippen molar-refractivity contribution in [3.63, 3.8) is 0 Å². The van der Waals surface area contributed by atoms with Crippen molar-refractivity contribution >= 4 is 17.7 Å². The van der Waals surface area contributed by atoms with Gasteiger partial charge in [-0.15, -0.1) is 0 Å². The summed E-state index contributed by atoms with van der Waals surface area (Å²) >= 11 is 1.96. The second kappa shape index (κ2) is 6.48. The standard InChI is InChI=1S/C14H21NO3S/c1-17-13(16)12-6-5-11(18-12)9-15-10-14(19-2)7-3-4-8-14/h5-6,15H,3-4,7-10H2,1-2H3. The fourth-order valence-corrected chi connectivity index (χ4v) is 3.51. The van der Waals surface area contributed by atoms with Crippen LogP contribution in [-0.2, 0) is 11.3 Å². The number of carbonyl (C=O) groups is 1. The number of nitrogens with one attached hydrogen (secondary N) is 1. The molecule has 4 nitrogen and oxygen atoms in total. The summed E-state index contributed by atoms with van der Waals surface area (Å²) in [5.41, 5.74) is 0. The Kier molecular flexibility index (Phi) is 4.93. The van der Waals surface area contributed by atoms with E-state index in [-0.39, 0.29) is 5.76 Å². The van der Waals surface area contributed by atoms with E-state index in [9.17, 15) is 4.79 Å². The molecule has 1 saturated carbocycles. The number of ether oxygens (including phenoxy) is 1. The Balaban J connectivity index is 1.82. The number of methoxy groups -OCH3 is 1. The van der Waals surface area contributed by atoms with E-state index in [1.54, 1.807) is 6.07 Å². The van der Waals surface area contributed by atoms with E-state index in [4.69, 9.17) is 4.42 Å². The lowest BCUT2D eigenvalue weighted by Crippen LogP contribution is -2.34. The van der Waals surface area contributed by atoms with Crippen LogP contribution >= 0.6 is 11.8 Å². The van der Waals surface area contributed by atoms with Gasteiger partial charge in [-0.2, -0.15) is 11.8 Å². The first-order valence-electron chi connectivity index (χ1n) is 6.62. The summed E-state index contributed by atoms with van der Waals surface area (Å²) in [4.78, 5) is 11.3. The maximum absolute atomic E-state index is 11.3. The van der Waals surface area contributed by atoms with Crippen molar-refractivity contribution in [2.45, 2.75) is 37.0 Å². The molecule has 1 N–H and O–H groups in total. The molecule has 0 amide bonds. The van der Waals surface area contributed by atoms with Gasteiger partial charge in [0.15, 0.2) is 0 Å². The normalized spacial score (nSPS) is 17.6. The van der Waals surface area contributed by atoms with Gasteiger partial charge in [0.1, 0.15) is 5.76 Å². The molecule has 0 unspecified atom stereocenters. The van der Waals surface area contributed by atoms with Crippen molar-refractivity contribution in [3.8, 4) is 0 Å². The third-order valence-corrected chi connectivity index (χ3v) is 5.16. The molecule has 1 aromatic heterocycles. The second-order valence-corrected chi connectivity index (χ2v) is 6.23. The van der Waals surface area contributed by atoms with E-state index in [0.717, 1.165) is 12.3 Å². The molecule has 0 spiro atoms. The molecule has 2 rings (SSSR count). The molecule has 106 valence electrons. The zero-order valence-electron chi connectivity index (χ0n) is 11.5. The lowest BCUT2D eigenvalue weighted by Gasteiger charge is -2.26. The van der Waals surface area contributed by atoms with Gasteiger partial charge in [0.2, 0.25) is 5.76 Å². The average molecular weight is 283 g/mol. The van der Waals surface area contributed by atoms with Crippen LogP contribution in [0.3, 0.4) is 0 Å². The molecule has 0 bridgehead atoms. The van der Waals surface area contributed by atoms with Crippen molar-refractivity contribution in [2.24, 2.45) is 0 Å². The van der Waals surface area contributed by atoms with Gasteiger partial charge in [0.05, 0.1) is 13.7 Å². The van der Waals surface area contributed by atoms with Gasteiger partial charge >= 0.3 is 5.97 Å². The molecule has 0 radical (unpaired) electrons. The number of hydrogen-bond donors (Lipinski definition) is 1. The molecular formula is C14H21NO3S. The van der Waals surface area contributed by atoms with Crippen molar-refractivity contribution in [2.75, 3.05) is 19.9 Å². The largest absolute Gasteiger partial charge is 0.463 e. The van der Waals surface area contributed by atoms with Crippen molar-refractivity contribution in [3.05, 3.63) is 23.7 Å². The second-order valence-electron chi connectivity index (χ2n) is 4.96. The highest BCUT2D eigenvalue weighted by molar-refractivity contribution is 8.00. The van der Waals surface area contributed by atoms with Crippen LogP contribution < -0.4 is 5.32 Å². The van der Waals surface area contributed by atoms with E-state index in [1.807, 2.05) is 17.8 Å². The summed E-state index contributed by atoms with van der Waals surface area (Å²) in [6.07, 6.45) is 7.42. The molecule has 1 aliphatic rings. The van der Waals surface area contributed by atoms with Crippen LogP contribution in [0, 0.1) is 0 Å². The molecule has 1 aromatic rings. The van der Waals surface area contributed by atoms with Gasteiger partial charge in [0, 0.05) is 11.3 Å². The molecule has 1 heterocycles. The minimum absolute atomic E-state index is 0.264. The van der Waals surface area contributed by atoms with E-state index < -0.39 is 5.97 Å². The summed E-state index contributed by atoms with van der Waals surface area (Å²) < 4.78 is 10.4. The van der Waals surface area contributed by atoms with Gasteiger partial charge in [-0.05, 0) is 31.2 Å². The molecule has 0 aliphatic heterocycles. The molecule has 0 aromatic carbocycles. The predicted molar refractivity (Wildman–Crippen MR) is 76.5 cm³/mol. The fourth-order valence-electron chi connectivity index (χ4n) is 2.57. The third-order valence-electron chi connectivity index (χ3n) is 3.74. The molecule has 19 heavy (non-hydrogen) atoms. The number of esters is 1. The number of thioether (sulfide) groups is 1. The van der Waals surface area contributed by atoms with E-state index in [0.29, 0.717) is 11.3 Å². The van der Waals surface area contributed by atoms with Gasteiger partial charge < -0.3 is 14.5 Å². The van der Waals surface area contributed by atoms with E-state index in [1.165, 1.54) is 32.8 Å². The molecule has 1 fully saturated rings. The zero-order chi connectivity index (χ0) is 13.7. The van der Waals surface area contributed by atoms with Crippen LogP contribution in [0.5, 0.6) is 0 Å². The first-order chi connectivity index (χ1) is 9.19. The van der Waals surface area contributed by atoms with Crippen LogP contribution in [-0.4, -0.2) is 30.6 Å². The van der Waals surface area contributed by atoms with Gasteiger partial charge in [-0.1, -0.05) is 12.8 Å². The third kappa shape index (κ3) is 3.54. The fraction of sp³-hybridized carbons (Fsp3) is 0.643. The Morgan fingerprint density at radius 3 is 2.84 bits per heavy atom. The van der Waals surface area contributed by atoms with E-state index in [2.05, 4.69) is 16.3 Å². The number of carbonyl (C=O) groups excluding carboxylic acids is 1. The quantitative estimate of drug-likeness (QED) is 0.814. The molecular weight excluding hydrogens is 262 g/mol. The highest BCUT2D eigenvalue weighted by Crippen LogP contribution is 2.39. The number of furan rings is 1. The Morgan fingerprint density at radius 1 is 1.47 bits per heavy atom. The Bertz CT molecular complexity index is 424. The Morgan fingerprint density at radius 2 is 2.21 bits per heavy atom. The number of rotatable bonds is 6. The monoisotopic (exact) mass is 283 g/mol. The highest BCUT2D eigenvalue weighted by atomic mass is 32.2. The first-order valence-corrected chi connectivity index (χ1v) is 7.84. The summed E-state index contributed by atoms with van der Waals surface area (Å²) in [5, 5.41) is 3.44. The van der Waals surface area contributed by atoms with Crippen LogP contribution in [0.25, 0.3) is 0 Å². The van der Waals surface area contributed by atoms with Crippen LogP contribution in [0.15, 0.2) is 16.5 Å². The van der Waals surface area contributed by atoms with Gasteiger partial charge in [0.25, 0.3) is 0 Å². The maximum Gasteiger partial charge on any atom is 0.373 e. The van der Waals surface area contributed by atoms with Gasteiger partial charge in [-0.25, -0.2) is 4.79 Å². The van der Waals surface area contributed by atoms with Gasteiger partial charge in [-0.3, -0.25) is 0 Å². The number of hydrogen-bond acceptors (Lipinski definition) is 5. The summed E-state index contributed by atoms with van der Waals surface area (Å²) in [6, 6.07) is 3.47. The Hall–Kier alpha value is -0.940. The predicted octanol–water partition coefficient (Wildman–Crippen LogP) is 2.83. The topological polar surface area (TPSA) is 51.5 Å². The minimum atomic E-state index is -0.428. The van der Waals surface area contributed by atoms with Crippen molar-refractivity contribution < 1.29 is 13.9 Å². The Labute approximate surface area is 118 Å². The van der Waals surface area contributed by atoms with Crippen molar-refractivity contribution in [1.82, 2.24) is 5.32 Å². The summed E-state index contributed by atoms with van der Waals surface area (Å²) in [6.45, 7) is 1.64. The molecule has 0 atom stereocenters. The van der Waals surface area contributed by atoms with Crippen LogP contribution in [0.1, 0.15) is 42.0 Å². The lowest BCUT2D eigenvalue weighted by molar-refractivity contribution is 0.0563. The highest BCUT2D eigenvalue weighted by Gasteiger charge is 2.32. The van der Waals surface area contributed by atoms with Crippen molar-refractivity contribution in [1.29, 1.82) is 0 Å². The van der Waals surface area contributed by atoms with Crippen LogP contribution in [0.2, 0.25) is 0 Å². The zero-order valence-corrected chi connectivity index (χ0v) is 12.3. The average Bonchev–Trinajstić information content (AvgIpc) is 3.08. The smallest absolute Gasteiger partial charge is 0.373 e. The minimum Gasteiger partial charge on any atom is -0.463 e. The maximum atomic E-state index is 11.3. The lowest BCUT2D eigenvalue weighted by atomic mass is 10.1. The van der Waals surface area contributed by atoms with Crippen LogP contribution in [0.4, 0.5) is 0 Å². The molecule has 0 saturated heterocycles. The molecule has 5 heteroatoms. The molecule has 1 aliphatic carbocycles. The van der Waals surface area contributed by atoms with E-state index >= 15 is 0 Å². The summed E-state index contributed by atoms with van der Waals surface area (Å²) in [7, 11) is 1.35.